The van der Waals surface area contributed by atoms with Gasteiger partial charge in [0.05, 0.1) is 6.26 Å². The molecule has 1 nitrogen and oxygen atoms in total. The molecule has 0 N–H and O–H groups in total. The fourth-order valence-electron chi connectivity index (χ4n) is 1.38. The highest BCUT2D eigenvalue weighted by Gasteiger charge is 2.19. The Bertz CT molecular complexity index is 455. The quantitative estimate of drug-likeness (QED) is 0.708. The molecule has 2 aromatic rings. The molecule has 0 aliphatic carbocycles. The molecule has 4 heteroatoms. The summed E-state index contributed by atoms with van der Waals surface area (Å²) >= 11 is 11.5. The lowest BCUT2D eigenvalue weighted by molar-refractivity contribution is 0.515. The molecule has 0 fully saturated rings. The van der Waals surface area contributed by atoms with E-state index in [0.717, 1.165) is 20.7 Å². The van der Waals surface area contributed by atoms with Gasteiger partial charge in [0, 0.05) is 14.2 Å². The Kier molecular flexibility index (Phi) is 3.24. The second kappa shape index (κ2) is 4.32. The molecular weight excluding hydrogens is 296 g/mol. The summed E-state index contributed by atoms with van der Waals surface area (Å²) in [6, 6.07) is 3.99. The minimum Gasteiger partial charge on any atom is -0.467 e. The number of hydrogen-bond acceptors (Lipinski definition) is 2. The number of thiophene rings is 1. The van der Waals surface area contributed by atoms with Gasteiger partial charge in [-0.2, -0.15) is 0 Å². The summed E-state index contributed by atoms with van der Waals surface area (Å²) in [5, 5.41) is -0.185. The van der Waals surface area contributed by atoms with Gasteiger partial charge in [-0.05, 0) is 47.5 Å². The van der Waals surface area contributed by atoms with E-state index >= 15 is 0 Å². The van der Waals surface area contributed by atoms with Crippen LogP contribution in [0.1, 0.15) is 26.5 Å². The maximum absolute atomic E-state index is 6.36. The van der Waals surface area contributed by atoms with Gasteiger partial charge in [-0.1, -0.05) is 0 Å². The number of halogens is 2. The van der Waals surface area contributed by atoms with Crippen LogP contribution >= 0.6 is 38.9 Å². The van der Waals surface area contributed by atoms with Crippen molar-refractivity contribution in [1.82, 2.24) is 0 Å². The molecule has 1 unspecified atom stereocenters. The largest absolute Gasteiger partial charge is 0.467 e. The van der Waals surface area contributed by atoms with Gasteiger partial charge in [0.1, 0.15) is 11.1 Å². The third-order valence-corrected chi connectivity index (χ3v) is 5.02. The Morgan fingerprint density at radius 2 is 2.20 bits per heavy atom. The Balaban J connectivity index is 2.36. The highest BCUT2D eigenvalue weighted by Crippen LogP contribution is 2.38. The van der Waals surface area contributed by atoms with Gasteiger partial charge in [0.2, 0.25) is 0 Å². The van der Waals surface area contributed by atoms with E-state index in [1.54, 1.807) is 17.6 Å². The first kappa shape index (κ1) is 11.2. The van der Waals surface area contributed by atoms with E-state index in [4.69, 9.17) is 16.0 Å². The lowest BCUT2D eigenvalue weighted by Crippen LogP contribution is -1.89. The van der Waals surface area contributed by atoms with Crippen molar-refractivity contribution in [2.75, 3.05) is 0 Å². The standard InChI is InChI=1S/C11H10BrClOS/c1-6-3-4-14-11(6)10(13)9-5-8(12)7(2)15-9/h3-5,10H,1-2H3. The first-order valence-electron chi connectivity index (χ1n) is 4.53. The van der Waals surface area contributed by atoms with Gasteiger partial charge in [0.15, 0.2) is 0 Å². The summed E-state index contributed by atoms with van der Waals surface area (Å²) in [7, 11) is 0. The molecule has 0 aliphatic rings. The summed E-state index contributed by atoms with van der Waals surface area (Å²) in [6.45, 7) is 4.07. The summed E-state index contributed by atoms with van der Waals surface area (Å²) < 4.78 is 6.50. The third kappa shape index (κ3) is 2.14. The van der Waals surface area contributed by atoms with Crippen LogP contribution in [0.3, 0.4) is 0 Å². The fraction of sp³-hybridized carbons (Fsp3) is 0.273. The molecular formula is C11H10BrClOS. The highest BCUT2D eigenvalue weighted by atomic mass is 79.9. The predicted molar refractivity (Wildman–Crippen MR) is 67.9 cm³/mol. The van der Waals surface area contributed by atoms with E-state index in [-0.39, 0.29) is 5.38 Å². The van der Waals surface area contributed by atoms with Crippen LogP contribution < -0.4 is 0 Å². The Hall–Kier alpha value is -0.250. The molecule has 0 spiro atoms. The Labute approximate surface area is 106 Å². The van der Waals surface area contributed by atoms with E-state index in [0.29, 0.717) is 0 Å². The van der Waals surface area contributed by atoms with Crippen molar-refractivity contribution < 1.29 is 4.42 Å². The zero-order valence-electron chi connectivity index (χ0n) is 8.38. The molecule has 1 atom stereocenters. The van der Waals surface area contributed by atoms with Gasteiger partial charge in [-0.15, -0.1) is 22.9 Å². The van der Waals surface area contributed by atoms with Crippen LogP contribution in [-0.4, -0.2) is 0 Å². The van der Waals surface area contributed by atoms with Crippen LogP contribution in [0.4, 0.5) is 0 Å². The van der Waals surface area contributed by atoms with E-state index < -0.39 is 0 Å². The maximum Gasteiger partial charge on any atom is 0.129 e. The highest BCUT2D eigenvalue weighted by molar-refractivity contribution is 9.10. The molecule has 0 saturated carbocycles. The number of hydrogen-bond donors (Lipinski definition) is 0. The Morgan fingerprint density at radius 3 is 2.67 bits per heavy atom. The number of rotatable bonds is 2. The van der Waals surface area contributed by atoms with Crippen molar-refractivity contribution in [3.63, 3.8) is 0 Å². The first-order chi connectivity index (χ1) is 7.09. The minimum atomic E-state index is -0.185. The number of aryl methyl sites for hydroxylation is 2. The van der Waals surface area contributed by atoms with Gasteiger partial charge < -0.3 is 4.42 Å². The SMILES string of the molecule is Cc1ccoc1C(Cl)c1cc(Br)c(C)s1. The number of alkyl halides is 1. The average molecular weight is 306 g/mol. The smallest absolute Gasteiger partial charge is 0.129 e. The van der Waals surface area contributed by atoms with Crippen LogP contribution in [0, 0.1) is 13.8 Å². The van der Waals surface area contributed by atoms with Gasteiger partial charge in [0.25, 0.3) is 0 Å². The molecule has 2 heterocycles. The summed E-state index contributed by atoms with van der Waals surface area (Å²) in [6.07, 6.45) is 1.68. The van der Waals surface area contributed by atoms with Gasteiger partial charge >= 0.3 is 0 Å². The van der Waals surface area contributed by atoms with Crippen LogP contribution in [-0.2, 0) is 0 Å². The third-order valence-electron chi connectivity index (χ3n) is 2.26. The topological polar surface area (TPSA) is 13.1 Å². The lowest BCUT2D eigenvalue weighted by atomic mass is 10.2. The molecule has 2 rings (SSSR count). The zero-order valence-corrected chi connectivity index (χ0v) is 11.5. The van der Waals surface area contributed by atoms with E-state index in [2.05, 4.69) is 28.9 Å². The molecule has 0 radical (unpaired) electrons. The lowest BCUT2D eigenvalue weighted by Gasteiger charge is -2.04. The van der Waals surface area contributed by atoms with Crippen molar-refractivity contribution in [3.8, 4) is 0 Å². The fourth-order valence-corrected chi connectivity index (χ4v) is 3.34. The van der Waals surface area contributed by atoms with Crippen LogP contribution in [0.5, 0.6) is 0 Å². The van der Waals surface area contributed by atoms with E-state index in [1.807, 2.05) is 13.0 Å². The monoisotopic (exact) mass is 304 g/mol. The first-order valence-corrected chi connectivity index (χ1v) is 6.58. The van der Waals surface area contributed by atoms with Gasteiger partial charge in [-0.3, -0.25) is 0 Å². The summed E-state index contributed by atoms with van der Waals surface area (Å²) in [5.74, 6) is 0.838. The van der Waals surface area contributed by atoms with E-state index in [9.17, 15) is 0 Å². The molecule has 0 aromatic carbocycles. The molecule has 0 saturated heterocycles. The zero-order chi connectivity index (χ0) is 11.0. The number of furan rings is 1. The van der Waals surface area contributed by atoms with Crippen molar-refractivity contribution in [2.24, 2.45) is 0 Å². The molecule has 0 bridgehead atoms. The van der Waals surface area contributed by atoms with Crippen molar-refractivity contribution >= 4 is 38.9 Å². The van der Waals surface area contributed by atoms with Crippen LogP contribution in [0.25, 0.3) is 0 Å². The van der Waals surface area contributed by atoms with Crippen molar-refractivity contribution in [3.05, 3.63) is 43.9 Å². The second-order valence-corrected chi connectivity index (χ2v) is 5.96. The molecule has 80 valence electrons. The van der Waals surface area contributed by atoms with Crippen LogP contribution in [0.2, 0.25) is 0 Å². The Morgan fingerprint density at radius 1 is 1.47 bits per heavy atom. The average Bonchev–Trinajstić information content (AvgIpc) is 2.74. The molecule has 15 heavy (non-hydrogen) atoms. The normalized spacial score (nSPS) is 13.1. The van der Waals surface area contributed by atoms with Crippen molar-refractivity contribution in [2.45, 2.75) is 19.2 Å². The van der Waals surface area contributed by atoms with E-state index in [1.165, 1.54) is 4.88 Å². The molecule has 0 aliphatic heterocycles. The van der Waals surface area contributed by atoms with Gasteiger partial charge in [-0.25, -0.2) is 0 Å². The predicted octanol–water partition coefficient (Wildman–Crippen LogP) is 5.05. The molecule has 0 amide bonds. The minimum absolute atomic E-state index is 0.185. The van der Waals surface area contributed by atoms with Crippen molar-refractivity contribution in [1.29, 1.82) is 0 Å². The summed E-state index contributed by atoms with van der Waals surface area (Å²) in [4.78, 5) is 2.35. The van der Waals surface area contributed by atoms with Crippen LogP contribution in [0.15, 0.2) is 27.3 Å². The second-order valence-electron chi connectivity index (χ2n) is 3.38. The molecule has 2 aromatic heterocycles. The summed E-state index contributed by atoms with van der Waals surface area (Å²) in [5.41, 5.74) is 1.09. The maximum atomic E-state index is 6.36.